The molecule has 0 radical (unpaired) electrons. The van der Waals surface area contributed by atoms with E-state index in [2.05, 4.69) is 28.7 Å². The molecule has 0 aromatic carbocycles. The van der Waals surface area contributed by atoms with Crippen molar-refractivity contribution < 1.29 is 0 Å². The lowest BCUT2D eigenvalue weighted by molar-refractivity contribution is 0.355. The van der Waals surface area contributed by atoms with Gasteiger partial charge in [0.15, 0.2) is 0 Å². The molecule has 1 saturated heterocycles. The van der Waals surface area contributed by atoms with Crippen LogP contribution in [0.5, 0.6) is 0 Å². The second-order valence-corrected chi connectivity index (χ2v) is 4.65. The van der Waals surface area contributed by atoms with E-state index in [1.54, 1.807) is 12.4 Å². The van der Waals surface area contributed by atoms with Gasteiger partial charge in [-0.3, -0.25) is 4.98 Å². The van der Waals surface area contributed by atoms with E-state index in [4.69, 9.17) is 5.73 Å². The average Bonchev–Trinajstić information content (AvgIpc) is 2.16. The minimum absolute atomic E-state index is 0.498. The molecule has 0 spiro atoms. The monoisotopic (exact) mass is 206 g/mol. The number of hydrogen-bond donors (Lipinski definition) is 1. The van der Waals surface area contributed by atoms with Gasteiger partial charge in [0.25, 0.3) is 0 Å². The minimum atomic E-state index is 0.498. The van der Waals surface area contributed by atoms with Gasteiger partial charge in [-0.1, -0.05) is 13.8 Å². The molecule has 4 heteroatoms. The van der Waals surface area contributed by atoms with Crippen molar-refractivity contribution >= 4 is 11.6 Å². The summed E-state index contributed by atoms with van der Waals surface area (Å²) in [5.41, 5.74) is 5.63. The van der Waals surface area contributed by atoms with Crippen molar-refractivity contribution in [2.75, 3.05) is 23.7 Å². The highest BCUT2D eigenvalue weighted by Crippen LogP contribution is 2.24. The zero-order valence-corrected chi connectivity index (χ0v) is 9.35. The van der Waals surface area contributed by atoms with Crippen LogP contribution < -0.4 is 10.6 Å². The van der Waals surface area contributed by atoms with Crippen LogP contribution in [0.3, 0.4) is 0 Å². The molecule has 2 heterocycles. The Labute approximate surface area is 90.5 Å². The van der Waals surface area contributed by atoms with E-state index >= 15 is 0 Å². The van der Waals surface area contributed by atoms with E-state index in [0.717, 1.165) is 30.7 Å². The molecular formula is C11H18N4. The zero-order valence-electron chi connectivity index (χ0n) is 9.35. The molecule has 1 aromatic heterocycles. The Bertz CT molecular complexity index is 329. The molecule has 2 N–H and O–H groups in total. The van der Waals surface area contributed by atoms with Gasteiger partial charge in [0.1, 0.15) is 11.6 Å². The van der Waals surface area contributed by atoms with Crippen LogP contribution >= 0.6 is 0 Å². The Morgan fingerprint density at radius 3 is 2.53 bits per heavy atom. The second kappa shape index (κ2) is 4.04. The number of nitrogens with zero attached hydrogens (tertiary/aromatic N) is 3. The smallest absolute Gasteiger partial charge is 0.149 e. The number of nitrogens with two attached hydrogens (primary N) is 1. The fourth-order valence-electron chi connectivity index (χ4n) is 2.37. The Kier molecular flexibility index (Phi) is 2.75. The summed E-state index contributed by atoms with van der Waals surface area (Å²) in [6.07, 6.45) is 4.67. The molecular weight excluding hydrogens is 188 g/mol. The van der Waals surface area contributed by atoms with Crippen molar-refractivity contribution in [2.45, 2.75) is 20.3 Å². The van der Waals surface area contributed by atoms with E-state index in [0.29, 0.717) is 5.82 Å². The third-order valence-corrected chi connectivity index (χ3v) is 2.83. The predicted octanol–water partition coefficient (Wildman–Crippen LogP) is 1.54. The largest absolute Gasteiger partial charge is 0.382 e. The molecule has 0 saturated carbocycles. The Morgan fingerprint density at radius 1 is 1.27 bits per heavy atom. The summed E-state index contributed by atoms with van der Waals surface area (Å²) < 4.78 is 0. The maximum Gasteiger partial charge on any atom is 0.149 e. The van der Waals surface area contributed by atoms with E-state index in [-0.39, 0.29) is 0 Å². The fourth-order valence-corrected chi connectivity index (χ4v) is 2.37. The molecule has 0 amide bonds. The van der Waals surface area contributed by atoms with Crippen LogP contribution in [0.2, 0.25) is 0 Å². The van der Waals surface area contributed by atoms with Crippen molar-refractivity contribution in [3.05, 3.63) is 12.4 Å². The summed E-state index contributed by atoms with van der Waals surface area (Å²) in [5.74, 6) is 2.85. The number of anilines is 2. The van der Waals surface area contributed by atoms with E-state index in [1.165, 1.54) is 6.42 Å². The second-order valence-electron chi connectivity index (χ2n) is 4.65. The Balaban J connectivity index is 2.16. The van der Waals surface area contributed by atoms with E-state index in [9.17, 15) is 0 Å². The van der Waals surface area contributed by atoms with E-state index in [1.807, 2.05) is 0 Å². The number of aromatic nitrogens is 2. The van der Waals surface area contributed by atoms with Crippen LogP contribution in [0.25, 0.3) is 0 Å². The summed E-state index contributed by atoms with van der Waals surface area (Å²) in [7, 11) is 0. The van der Waals surface area contributed by atoms with Gasteiger partial charge in [0, 0.05) is 13.1 Å². The number of nitrogen functional groups attached to an aromatic ring is 1. The van der Waals surface area contributed by atoms with Crippen LogP contribution in [-0.4, -0.2) is 23.1 Å². The highest BCUT2D eigenvalue weighted by atomic mass is 15.2. The van der Waals surface area contributed by atoms with Gasteiger partial charge in [0.2, 0.25) is 0 Å². The van der Waals surface area contributed by atoms with Crippen molar-refractivity contribution in [3.63, 3.8) is 0 Å². The van der Waals surface area contributed by atoms with Crippen molar-refractivity contribution in [3.8, 4) is 0 Å². The lowest BCUT2D eigenvalue weighted by Gasteiger charge is -2.35. The summed E-state index contributed by atoms with van der Waals surface area (Å²) in [6, 6.07) is 0. The van der Waals surface area contributed by atoms with Gasteiger partial charge in [0.05, 0.1) is 12.4 Å². The molecule has 0 aliphatic carbocycles. The number of piperidine rings is 1. The molecule has 82 valence electrons. The molecule has 4 nitrogen and oxygen atoms in total. The van der Waals surface area contributed by atoms with Crippen LogP contribution in [0.1, 0.15) is 20.3 Å². The Hall–Kier alpha value is -1.32. The third-order valence-electron chi connectivity index (χ3n) is 2.83. The lowest BCUT2D eigenvalue weighted by atomic mass is 9.92. The highest BCUT2D eigenvalue weighted by Gasteiger charge is 2.22. The Morgan fingerprint density at radius 2 is 1.93 bits per heavy atom. The first-order valence-corrected chi connectivity index (χ1v) is 5.47. The number of rotatable bonds is 1. The SMILES string of the molecule is CC1CC(C)CN(c2cncc(N)n2)C1. The first-order valence-electron chi connectivity index (χ1n) is 5.47. The van der Waals surface area contributed by atoms with Crippen LogP contribution in [0.15, 0.2) is 12.4 Å². The van der Waals surface area contributed by atoms with Crippen LogP contribution in [0.4, 0.5) is 11.6 Å². The van der Waals surface area contributed by atoms with Crippen LogP contribution in [0, 0.1) is 11.8 Å². The van der Waals surface area contributed by atoms with Crippen LogP contribution in [-0.2, 0) is 0 Å². The van der Waals surface area contributed by atoms with E-state index < -0.39 is 0 Å². The molecule has 1 aromatic rings. The minimum Gasteiger partial charge on any atom is -0.382 e. The van der Waals surface area contributed by atoms with Gasteiger partial charge in [-0.2, -0.15) is 0 Å². The summed E-state index contributed by atoms with van der Waals surface area (Å²) in [4.78, 5) is 10.7. The first kappa shape index (κ1) is 10.2. The van der Waals surface area contributed by atoms with Crippen molar-refractivity contribution in [2.24, 2.45) is 11.8 Å². The third kappa shape index (κ3) is 2.37. The van der Waals surface area contributed by atoms with Gasteiger partial charge in [-0.05, 0) is 18.3 Å². The molecule has 2 rings (SSSR count). The van der Waals surface area contributed by atoms with Crippen molar-refractivity contribution in [1.29, 1.82) is 0 Å². The maximum atomic E-state index is 5.63. The maximum absolute atomic E-state index is 5.63. The van der Waals surface area contributed by atoms with Gasteiger partial charge in [-0.25, -0.2) is 4.98 Å². The molecule has 2 unspecified atom stereocenters. The fraction of sp³-hybridized carbons (Fsp3) is 0.636. The molecule has 1 aliphatic rings. The molecule has 1 aliphatic heterocycles. The standard InChI is InChI=1S/C11H18N4/c1-8-3-9(2)7-15(6-8)11-5-13-4-10(12)14-11/h4-5,8-9H,3,6-7H2,1-2H3,(H2,12,14). The quantitative estimate of drug-likeness (QED) is 0.757. The molecule has 15 heavy (non-hydrogen) atoms. The van der Waals surface area contributed by atoms with Gasteiger partial charge >= 0.3 is 0 Å². The molecule has 0 bridgehead atoms. The predicted molar refractivity (Wildman–Crippen MR) is 61.6 cm³/mol. The molecule has 2 atom stereocenters. The normalized spacial score (nSPS) is 26.7. The van der Waals surface area contributed by atoms with Gasteiger partial charge < -0.3 is 10.6 Å². The first-order chi connectivity index (χ1) is 7.15. The lowest BCUT2D eigenvalue weighted by Crippen LogP contribution is -2.39. The summed E-state index contributed by atoms with van der Waals surface area (Å²) in [6.45, 7) is 6.68. The highest BCUT2D eigenvalue weighted by molar-refractivity contribution is 5.41. The summed E-state index contributed by atoms with van der Waals surface area (Å²) in [5, 5.41) is 0. The van der Waals surface area contributed by atoms with Gasteiger partial charge in [-0.15, -0.1) is 0 Å². The topological polar surface area (TPSA) is 55.0 Å². The summed E-state index contributed by atoms with van der Waals surface area (Å²) >= 11 is 0. The average molecular weight is 206 g/mol. The molecule has 1 fully saturated rings. The van der Waals surface area contributed by atoms with Crippen molar-refractivity contribution in [1.82, 2.24) is 9.97 Å². The number of hydrogen-bond acceptors (Lipinski definition) is 4. The zero-order chi connectivity index (χ0) is 10.8.